The van der Waals surface area contributed by atoms with Gasteiger partial charge in [-0.15, -0.1) is 0 Å². The van der Waals surface area contributed by atoms with Gasteiger partial charge in [0.25, 0.3) is 0 Å². The monoisotopic (exact) mass is 252 g/mol. The van der Waals surface area contributed by atoms with Crippen molar-refractivity contribution in [2.45, 2.75) is 58.9 Å². The molecule has 1 aliphatic carbocycles. The van der Waals surface area contributed by atoms with E-state index in [2.05, 4.69) is 31.0 Å². The Morgan fingerprint density at radius 3 is 2.33 bits per heavy atom. The third-order valence-electron chi connectivity index (χ3n) is 4.83. The molecule has 1 heterocycles. The molecule has 0 aromatic carbocycles. The summed E-state index contributed by atoms with van der Waals surface area (Å²) in [6.45, 7) is 12.1. The van der Waals surface area contributed by atoms with Crippen LogP contribution in [0.3, 0.4) is 0 Å². The fourth-order valence-electron chi connectivity index (χ4n) is 3.86. The van der Waals surface area contributed by atoms with Crippen LogP contribution in [0, 0.1) is 17.8 Å². The molecule has 2 aliphatic rings. The minimum absolute atomic E-state index is 0.769. The maximum absolute atomic E-state index is 3.67. The molecule has 2 rings (SSSR count). The maximum atomic E-state index is 3.67. The van der Waals surface area contributed by atoms with Gasteiger partial charge in [0.1, 0.15) is 0 Å². The zero-order valence-corrected chi connectivity index (χ0v) is 12.6. The van der Waals surface area contributed by atoms with Crippen LogP contribution in [-0.4, -0.2) is 37.1 Å². The van der Waals surface area contributed by atoms with Gasteiger partial charge in [0.15, 0.2) is 0 Å². The van der Waals surface area contributed by atoms with Crippen LogP contribution >= 0.6 is 0 Å². The van der Waals surface area contributed by atoms with Crippen LogP contribution in [0.5, 0.6) is 0 Å². The molecule has 0 aromatic rings. The van der Waals surface area contributed by atoms with Crippen molar-refractivity contribution in [3.8, 4) is 0 Å². The topological polar surface area (TPSA) is 15.3 Å². The number of hydrogen-bond donors (Lipinski definition) is 1. The molecule has 0 radical (unpaired) electrons. The fourth-order valence-corrected chi connectivity index (χ4v) is 3.86. The summed E-state index contributed by atoms with van der Waals surface area (Å²) in [6, 6.07) is 0.791. The third kappa shape index (κ3) is 3.71. The second-order valence-corrected chi connectivity index (χ2v) is 6.90. The van der Waals surface area contributed by atoms with E-state index >= 15 is 0 Å². The zero-order chi connectivity index (χ0) is 13.0. The van der Waals surface area contributed by atoms with Gasteiger partial charge in [-0.2, -0.15) is 0 Å². The van der Waals surface area contributed by atoms with Crippen LogP contribution < -0.4 is 5.32 Å². The van der Waals surface area contributed by atoms with Gasteiger partial charge >= 0.3 is 0 Å². The minimum atomic E-state index is 0.769. The molecule has 1 saturated heterocycles. The van der Waals surface area contributed by atoms with Gasteiger partial charge in [0, 0.05) is 25.7 Å². The minimum Gasteiger partial charge on any atom is -0.315 e. The van der Waals surface area contributed by atoms with Gasteiger partial charge < -0.3 is 5.32 Å². The first-order chi connectivity index (χ1) is 8.70. The highest BCUT2D eigenvalue weighted by Crippen LogP contribution is 2.38. The Labute approximate surface area is 114 Å². The van der Waals surface area contributed by atoms with Crippen molar-refractivity contribution in [3.63, 3.8) is 0 Å². The quantitative estimate of drug-likeness (QED) is 0.749. The molecule has 0 spiro atoms. The zero-order valence-electron chi connectivity index (χ0n) is 12.6. The number of fused-ring (bicyclic) bond motifs is 1. The lowest BCUT2D eigenvalue weighted by Gasteiger charge is -2.29. The normalized spacial score (nSPS) is 30.0. The number of hydrogen-bond acceptors (Lipinski definition) is 2. The van der Waals surface area contributed by atoms with Crippen molar-refractivity contribution < 1.29 is 0 Å². The lowest BCUT2D eigenvalue weighted by Crippen LogP contribution is -2.42. The second kappa shape index (κ2) is 6.91. The summed E-state index contributed by atoms with van der Waals surface area (Å²) in [5, 5.41) is 3.67. The van der Waals surface area contributed by atoms with Gasteiger partial charge in [-0.05, 0) is 43.6 Å². The van der Waals surface area contributed by atoms with E-state index < -0.39 is 0 Å². The van der Waals surface area contributed by atoms with Crippen molar-refractivity contribution in [1.82, 2.24) is 10.2 Å². The Kier molecular flexibility index (Phi) is 5.50. The Bertz CT molecular complexity index is 227. The second-order valence-electron chi connectivity index (χ2n) is 6.90. The highest BCUT2D eigenvalue weighted by atomic mass is 15.2. The van der Waals surface area contributed by atoms with E-state index in [1.165, 1.54) is 58.3 Å². The molecule has 2 fully saturated rings. The largest absolute Gasteiger partial charge is 0.315 e. The maximum Gasteiger partial charge on any atom is 0.0220 e. The van der Waals surface area contributed by atoms with Crippen LogP contribution in [0.25, 0.3) is 0 Å². The van der Waals surface area contributed by atoms with E-state index in [9.17, 15) is 0 Å². The van der Waals surface area contributed by atoms with Crippen molar-refractivity contribution in [2.75, 3.05) is 26.2 Å². The predicted molar refractivity (Wildman–Crippen MR) is 78.8 cm³/mol. The summed E-state index contributed by atoms with van der Waals surface area (Å²) in [6.07, 6.45) is 7.18. The van der Waals surface area contributed by atoms with Crippen LogP contribution in [-0.2, 0) is 0 Å². The molecular formula is C16H32N2. The fraction of sp³-hybridized carbons (Fsp3) is 1.00. The van der Waals surface area contributed by atoms with Crippen molar-refractivity contribution >= 4 is 0 Å². The smallest absolute Gasteiger partial charge is 0.0220 e. The highest BCUT2D eigenvalue weighted by Gasteiger charge is 2.38. The van der Waals surface area contributed by atoms with E-state index in [1.54, 1.807) is 0 Å². The summed E-state index contributed by atoms with van der Waals surface area (Å²) in [5.74, 6) is 2.84. The van der Waals surface area contributed by atoms with Crippen LogP contribution in [0.15, 0.2) is 0 Å². The standard InChI is InChI=1S/C16H32N2/c1-4-6-16(10-17-9-13(2)3)18-11-14-7-5-8-15(14)12-18/h13-17H,4-12H2,1-3H3. The number of nitrogens with one attached hydrogen (secondary N) is 1. The molecule has 0 amide bonds. The Balaban J connectivity index is 1.78. The first kappa shape index (κ1) is 14.3. The average Bonchev–Trinajstić information content (AvgIpc) is 2.87. The van der Waals surface area contributed by atoms with Crippen LogP contribution in [0.4, 0.5) is 0 Å². The number of rotatable bonds is 7. The van der Waals surface area contributed by atoms with Crippen molar-refractivity contribution in [1.29, 1.82) is 0 Å². The number of nitrogens with zero attached hydrogens (tertiary/aromatic N) is 1. The van der Waals surface area contributed by atoms with Crippen molar-refractivity contribution in [3.05, 3.63) is 0 Å². The third-order valence-corrected chi connectivity index (χ3v) is 4.83. The molecule has 2 heteroatoms. The molecule has 18 heavy (non-hydrogen) atoms. The summed E-state index contributed by atoms with van der Waals surface area (Å²) in [5.41, 5.74) is 0. The Hall–Kier alpha value is -0.0800. The predicted octanol–water partition coefficient (Wildman–Crippen LogP) is 3.13. The molecule has 0 aromatic heterocycles. The van der Waals surface area contributed by atoms with Gasteiger partial charge in [-0.1, -0.05) is 33.6 Å². The van der Waals surface area contributed by atoms with Crippen LogP contribution in [0.2, 0.25) is 0 Å². The molecule has 1 N–H and O–H groups in total. The van der Waals surface area contributed by atoms with Gasteiger partial charge in [-0.25, -0.2) is 0 Å². The van der Waals surface area contributed by atoms with E-state index in [0.29, 0.717) is 0 Å². The number of likely N-dealkylation sites (tertiary alicyclic amines) is 1. The van der Waals surface area contributed by atoms with Gasteiger partial charge in [-0.3, -0.25) is 4.90 Å². The van der Waals surface area contributed by atoms with E-state index in [4.69, 9.17) is 0 Å². The van der Waals surface area contributed by atoms with E-state index in [0.717, 1.165) is 23.8 Å². The SMILES string of the molecule is CCCC(CNCC(C)C)N1CC2CCCC2C1. The molecule has 1 aliphatic heterocycles. The molecule has 3 unspecified atom stereocenters. The summed E-state index contributed by atoms with van der Waals surface area (Å²) in [7, 11) is 0. The van der Waals surface area contributed by atoms with E-state index in [-0.39, 0.29) is 0 Å². The lowest BCUT2D eigenvalue weighted by molar-refractivity contribution is 0.205. The van der Waals surface area contributed by atoms with E-state index in [1.807, 2.05) is 0 Å². The van der Waals surface area contributed by atoms with Gasteiger partial charge in [0.2, 0.25) is 0 Å². The average molecular weight is 252 g/mol. The molecule has 106 valence electrons. The molecular weight excluding hydrogens is 220 g/mol. The summed E-state index contributed by atoms with van der Waals surface area (Å²) >= 11 is 0. The van der Waals surface area contributed by atoms with Crippen molar-refractivity contribution in [2.24, 2.45) is 17.8 Å². The molecule has 1 saturated carbocycles. The first-order valence-corrected chi connectivity index (χ1v) is 8.15. The summed E-state index contributed by atoms with van der Waals surface area (Å²) < 4.78 is 0. The molecule has 3 atom stereocenters. The lowest BCUT2D eigenvalue weighted by atomic mass is 10.0. The Morgan fingerprint density at radius 1 is 1.11 bits per heavy atom. The molecule has 0 bridgehead atoms. The highest BCUT2D eigenvalue weighted by molar-refractivity contribution is 4.91. The van der Waals surface area contributed by atoms with Crippen LogP contribution in [0.1, 0.15) is 52.9 Å². The van der Waals surface area contributed by atoms with Gasteiger partial charge in [0.05, 0.1) is 0 Å². The Morgan fingerprint density at radius 2 is 1.78 bits per heavy atom. The molecule has 2 nitrogen and oxygen atoms in total. The first-order valence-electron chi connectivity index (χ1n) is 8.15. The summed E-state index contributed by atoms with van der Waals surface area (Å²) in [4.78, 5) is 2.80.